The first kappa shape index (κ1) is 15.7. The molecule has 1 aliphatic rings. The highest BCUT2D eigenvalue weighted by molar-refractivity contribution is 9.10. The highest BCUT2D eigenvalue weighted by Crippen LogP contribution is 2.40. The van der Waals surface area contributed by atoms with Crippen LogP contribution >= 0.6 is 27.5 Å². The predicted octanol–water partition coefficient (Wildman–Crippen LogP) is 4.55. The van der Waals surface area contributed by atoms with Gasteiger partial charge < -0.3 is 10.7 Å². The van der Waals surface area contributed by atoms with Gasteiger partial charge in [-0.2, -0.15) is 0 Å². The van der Waals surface area contributed by atoms with E-state index in [0.717, 1.165) is 34.9 Å². The van der Waals surface area contributed by atoms with Gasteiger partial charge in [0.2, 0.25) is 0 Å². The van der Waals surface area contributed by atoms with Crippen molar-refractivity contribution in [1.29, 1.82) is 0 Å². The van der Waals surface area contributed by atoms with Gasteiger partial charge in [-0.25, -0.2) is 4.98 Å². The molecule has 4 nitrogen and oxygen atoms in total. The number of aromatic nitrogens is 2. The number of hydrogen-bond donors (Lipinski definition) is 2. The minimum absolute atomic E-state index is 0.00104. The molecule has 1 aliphatic carbocycles. The van der Waals surface area contributed by atoms with Crippen LogP contribution in [-0.4, -0.2) is 15.9 Å². The third-order valence-electron chi connectivity index (χ3n) is 4.66. The fraction of sp³-hybridized carbons (Fsp3) is 0.222. The van der Waals surface area contributed by atoms with Crippen molar-refractivity contribution in [3.8, 4) is 0 Å². The Balaban J connectivity index is 1.93. The average molecular weight is 405 g/mol. The third-order valence-corrected chi connectivity index (χ3v) is 5.36. The molecule has 0 saturated carbocycles. The molecule has 0 saturated heterocycles. The Kier molecular flexibility index (Phi) is 3.85. The smallest absolute Gasteiger partial charge is 0.250 e. The van der Waals surface area contributed by atoms with Gasteiger partial charge in [0, 0.05) is 27.0 Å². The van der Waals surface area contributed by atoms with Crippen LogP contribution in [0.1, 0.15) is 46.1 Å². The number of primary amides is 1. The number of fused-ring (bicyclic) bond motifs is 3. The second-order valence-corrected chi connectivity index (χ2v) is 7.39. The molecule has 0 radical (unpaired) electrons. The van der Waals surface area contributed by atoms with E-state index in [-0.39, 0.29) is 5.92 Å². The van der Waals surface area contributed by atoms with Crippen LogP contribution in [0.25, 0.3) is 10.9 Å². The summed E-state index contributed by atoms with van der Waals surface area (Å²) in [4.78, 5) is 19.8. The maximum Gasteiger partial charge on any atom is 0.250 e. The molecule has 0 bridgehead atoms. The molecular formula is C18H15BrClN3O. The lowest BCUT2D eigenvalue weighted by Gasteiger charge is -2.23. The summed E-state index contributed by atoms with van der Waals surface area (Å²) in [5.74, 6) is -0.471. The van der Waals surface area contributed by atoms with Gasteiger partial charge in [0.1, 0.15) is 5.15 Å². The first-order valence-corrected chi connectivity index (χ1v) is 8.98. The zero-order chi connectivity index (χ0) is 16.8. The number of pyridine rings is 1. The van der Waals surface area contributed by atoms with Crippen molar-refractivity contribution < 1.29 is 4.79 Å². The van der Waals surface area contributed by atoms with E-state index >= 15 is 0 Å². The average Bonchev–Trinajstić information content (AvgIpc) is 2.92. The second-order valence-electron chi connectivity index (χ2n) is 6.08. The van der Waals surface area contributed by atoms with Crippen LogP contribution in [0.2, 0.25) is 5.15 Å². The van der Waals surface area contributed by atoms with E-state index in [1.165, 1.54) is 10.9 Å². The number of nitrogens with one attached hydrogen (secondary N) is 1. The Hall–Kier alpha value is -1.85. The van der Waals surface area contributed by atoms with Crippen molar-refractivity contribution >= 4 is 44.3 Å². The first-order valence-electron chi connectivity index (χ1n) is 7.81. The summed E-state index contributed by atoms with van der Waals surface area (Å²) in [6.45, 7) is 0. The van der Waals surface area contributed by atoms with E-state index in [0.29, 0.717) is 16.4 Å². The number of amides is 1. The minimum atomic E-state index is -0.472. The molecule has 0 aliphatic heterocycles. The minimum Gasteiger partial charge on any atom is -0.366 e. The molecule has 1 amide bonds. The number of hydrogen-bond acceptors (Lipinski definition) is 2. The van der Waals surface area contributed by atoms with Crippen LogP contribution in [0.5, 0.6) is 0 Å². The third kappa shape index (κ3) is 2.52. The summed E-state index contributed by atoms with van der Waals surface area (Å²) in [6.07, 6.45) is 2.95. The van der Waals surface area contributed by atoms with Crippen molar-refractivity contribution in [2.45, 2.75) is 25.2 Å². The zero-order valence-electron chi connectivity index (χ0n) is 12.8. The van der Waals surface area contributed by atoms with Crippen LogP contribution in [0.15, 0.2) is 34.8 Å². The molecule has 3 N–H and O–H groups in total. The summed E-state index contributed by atoms with van der Waals surface area (Å²) in [6, 6.07) is 9.49. The number of nitrogens with zero attached hydrogens (tertiary/aromatic N) is 1. The van der Waals surface area contributed by atoms with Gasteiger partial charge in [0.15, 0.2) is 0 Å². The van der Waals surface area contributed by atoms with Gasteiger partial charge in [0.05, 0.1) is 11.3 Å². The summed E-state index contributed by atoms with van der Waals surface area (Å²) in [7, 11) is 0. The number of aryl methyl sites for hydroxylation is 1. The van der Waals surface area contributed by atoms with Crippen LogP contribution in [0.4, 0.5) is 0 Å². The van der Waals surface area contributed by atoms with Crippen LogP contribution < -0.4 is 5.73 Å². The SMILES string of the molecule is NC(=O)c1ccc(Cl)nc1C1CCCc2c1[nH]c1ccc(Br)cc21. The van der Waals surface area contributed by atoms with E-state index in [1.54, 1.807) is 12.1 Å². The van der Waals surface area contributed by atoms with E-state index in [2.05, 4.69) is 38.0 Å². The first-order chi connectivity index (χ1) is 11.5. The van der Waals surface area contributed by atoms with Crippen molar-refractivity contribution in [1.82, 2.24) is 9.97 Å². The molecule has 3 aromatic rings. The maximum absolute atomic E-state index is 11.8. The Labute approximate surface area is 152 Å². The van der Waals surface area contributed by atoms with Crippen LogP contribution in [-0.2, 0) is 6.42 Å². The fourth-order valence-electron chi connectivity index (χ4n) is 3.63. The Morgan fingerprint density at radius 2 is 2.17 bits per heavy atom. The largest absolute Gasteiger partial charge is 0.366 e. The number of rotatable bonds is 2. The molecule has 0 fully saturated rings. The Morgan fingerprint density at radius 3 is 2.96 bits per heavy atom. The highest BCUT2D eigenvalue weighted by Gasteiger charge is 2.29. The van der Waals surface area contributed by atoms with E-state index < -0.39 is 5.91 Å². The maximum atomic E-state index is 11.8. The number of nitrogens with two attached hydrogens (primary N) is 1. The fourth-order valence-corrected chi connectivity index (χ4v) is 4.15. The summed E-state index contributed by atoms with van der Waals surface area (Å²) in [5.41, 5.74) is 10.2. The number of carbonyl (C=O) groups is 1. The molecule has 1 atom stereocenters. The number of H-pyrrole nitrogens is 1. The number of benzene rings is 1. The van der Waals surface area contributed by atoms with Gasteiger partial charge in [-0.3, -0.25) is 4.79 Å². The molecular weight excluding hydrogens is 390 g/mol. The highest BCUT2D eigenvalue weighted by atomic mass is 79.9. The van der Waals surface area contributed by atoms with Crippen molar-refractivity contribution in [3.05, 3.63) is 62.5 Å². The van der Waals surface area contributed by atoms with Crippen molar-refractivity contribution in [2.75, 3.05) is 0 Å². The van der Waals surface area contributed by atoms with E-state index in [4.69, 9.17) is 17.3 Å². The van der Waals surface area contributed by atoms with Crippen molar-refractivity contribution in [3.63, 3.8) is 0 Å². The summed E-state index contributed by atoms with van der Waals surface area (Å²) >= 11 is 9.63. The number of halogens is 2. The normalized spacial score (nSPS) is 17.0. The quantitative estimate of drug-likeness (QED) is 0.615. The van der Waals surface area contributed by atoms with Gasteiger partial charge in [-0.1, -0.05) is 27.5 Å². The lowest BCUT2D eigenvalue weighted by Crippen LogP contribution is -2.20. The zero-order valence-corrected chi connectivity index (χ0v) is 15.1. The van der Waals surface area contributed by atoms with Gasteiger partial charge in [-0.15, -0.1) is 0 Å². The molecule has 2 heterocycles. The van der Waals surface area contributed by atoms with E-state index in [1.807, 2.05) is 6.07 Å². The number of aromatic amines is 1. The molecule has 122 valence electrons. The molecule has 2 aromatic heterocycles. The molecule has 0 spiro atoms. The standard InChI is InChI=1S/C18H15BrClN3O/c19-9-4-6-14-13(8-9)10-2-1-3-11(16(10)22-14)17-12(18(21)24)5-7-15(20)23-17/h4-8,11,22H,1-3H2,(H2,21,24). The number of carbonyl (C=O) groups excluding carboxylic acids is 1. The molecule has 1 unspecified atom stereocenters. The Bertz CT molecular complexity index is 966. The lowest BCUT2D eigenvalue weighted by atomic mass is 9.83. The van der Waals surface area contributed by atoms with Crippen molar-refractivity contribution in [2.24, 2.45) is 5.73 Å². The predicted molar refractivity (Wildman–Crippen MR) is 98.5 cm³/mol. The van der Waals surface area contributed by atoms with Crippen LogP contribution in [0, 0.1) is 0 Å². The second kappa shape index (κ2) is 5.90. The van der Waals surface area contributed by atoms with E-state index in [9.17, 15) is 4.79 Å². The molecule has 1 aromatic carbocycles. The molecule has 24 heavy (non-hydrogen) atoms. The summed E-state index contributed by atoms with van der Waals surface area (Å²) in [5, 5.41) is 1.59. The monoisotopic (exact) mass is 403 g/mol. The van der Waals surface area contributed by atoms with Gasteiger partial charge >= 0.3 is 0 Å². The topological polar surface area (TPSA) is 71.8 Å². The van der Waals surface area contributed by atoms with Gasteiger partial charge in [0.25, 0.3) is 5.91 Å². The van der Waals surface area contributed by atoms with Gasteiger partial charge in [-0.05, 0) is 55.2 Å². The molecule has 4 rings (SSSR count). The van der Waals surface area contributed by atoms with Crippen LogP contribution in [0.3, 0.4) is 0 Å². The Morgan fingerprint density at radius 1 is 1.33 bits per heavy atom. The summed E-state index contributed by atoms with van der Waals surface area (Å²) < 4.78 is 1.05. The molecule has 6 heteroatoms. The lowest BCUT2D eigenvalue weighted by molar-refractivity contribution is 0.0998.